The van der Waals surface area contributed by atoms with E-state index in [0.29, 0.717) is 35.3 Å². The molecular weight excluding hydrogens is 426 g/mol. The fraction of sp³-hybridized carbons (Fsp3) is 0.273. The van der Waals surface area contributed by atoms with Gasteiger partial charge < -0.3 is 24.3 Å². The van der Waals surface area contributed by atoms with Crippen LogP contribution in [0.5, 0.6) is 0 Å². The lowest BCUT2D eigenvalue weighted by atomic mass is 9.98. The Kier molecular flexibility index (Phi) is 5.09. The molecule has 1 aliphatic rings. The van der Waals surface area contributed by atoms with Crippen LogP contribution in [0.3, 0.4) is 0 Å². The minimum absolute atomic E-state index is 0.106. The number of hydrogen-bond donors (Lipinski definition) is 2. The van der Waals surface area contributed by atoms with Gasteiger partial charge in [0, 0.05) is 32.3 Å². The fourth-order valence-corrected chi connectivity index (χ4v) is 3.67. The summed E-state index contributed by atoms with van der Waals surface area (Å²) < 4.78 is 10.4. The molecule has 1 aliphatic heterocycles. The Balaban J connectivity index is 1.39. The SMILES string of the molecule is CC(Nc1nccc(-c2cccc(-c3cc([C@]4(O)CCN(C)C4=O)on3)n2)n1)c1cocn1. The van der Waals surface area contributed by atoms with E-state index in [1.54, 1.807) is 37.7 Å². The molecule has 4 aromatic rings. The van der Waals surface area contributed by atoms with E-state index in [0.717, 1.165) is 5.69 Å². The van der Waals surface area contributed by atoms with E-state index in [-0.39, 0.29) is 18.2 Å². The van der Waals surface area contributed by atoms with Crippen molar-refractivity contribution in [2.45, 2.75) is 25.0 Å². The van der Waals surface area contributed by atoms with Gasteiger partial charge in [-0.1, -0.05) is 11.2 Å². The summed E-state index contributed by atoms with van der Waals surface area (Å²) in [4.78, 5) is 31.4. The number of anilines is 1. The van der Waals surface area contributed by atoms with Gasteiger partial charge in [0.1, 0.15) is 17.7 Å². The molecule has 0 aromatic carbocycles. The number of aromatic nitrogens is 5. The summed E-state index contributed by atoms with van der Waals surface area (Å²) in [5.41, 5.74) is 1.18. The third kappa shape index (κ3) is 3.82. The normalized spacial score (nSPS) is 19.1. The van der Waals surface area contributed by atoms with E-state index in [1.165, 1.54) is 11.3 Å². The molecule has 1 fully saturated rings. The molecule has 0 saturated carbocycles. The topological polar surface area (TPSA) is 143 Å². The molecule has 1 saturated heterocycles. The molecular formula is C22H21N7O4. The number of hydrogen-bond acceptors (Lipinski definition) is 10. The number of likely N-dealkylation sites (tertiary alicyclic amines) is 1. The first-order valence-electron chi connectivity index (χ1n) is 10.3. The van der Waals surface area contributed by atoms with E-state index in [4.69, 9.17) is 8.94 Å². The summed E-state index contributed by atoms with van der Waals surface area (Å²) in [6.07, 6.45) is 4.82. The van der Waals surface area contributed by atoms with Crippen molar-refractivity contribution in [3.8, 4) is 22.8 Å². The van der Waals surface area contributed by atoms with Crippen LogP contribution in [0, 0.1) is 0 Å². The molecule has 11 nitrogen and oxygen atoms in total. The van der Waals surface area contributed by atoms with Gasteiger partial charge in [0.15, 0.2) is 12.2 Å². The Morgan fingerprint density at radius 2 is 1.94 bits per heavy atom. The van der Waals surface area contributed by atoms with Gasteiger partial charge in [-0.15, -0.1) is 0 Å². The molecule has 2 N–H and O–H groups in total. The minimum atomic E-state index is -1.70. The maximum atomic E-state index is 12.3. The van der Waals surface area contributed by atoms with E-state index in [9.17, 15) is 9.90 Å². The summed E-state index contributed by atoms with van der Waals surface area (Å²) in [5.74, 6) is 0.118. The van der Waals surface area contributed by atoms with Crippen molar-refractivity contribution in [3.63, 3.8) is 0 Å². The Morgan fingerprint density at radius 3 is 2.67 bits per heavy atom. The zero-order valence-corrected chi connectivity index (χ0v) is 18.0. The molecule has 5 rings (SSSR count). The van der Waals surface area contributed by atoms with Crippen molar-refractivity contribution in [2.24, 2.45) is 0 Å². The molecule has 0 bridgehead atoms. The Morgan fingerprint density at radius 1 is 1.15 bits per heavy atom. The van der Waals surface area contributed by atoms with Crippen LogP contribution >= 0.6 is 0 Å². The van der Waals surface area contributed by atoms with Gasteiger partial charge in [-0.25, -0.2) is 19.9 Å². The van der Waals surface area contributed by atoms with Gasteiger partial charge in [0.2, 0.25) is 11.5 Å². The van der Waals surface area contributed by atoms with Crippen LogP contribution in [0.4, 0.5) is 5.95 Å². The van der Waals surface area contributed by atoms with Crippen molar-refractivity contribution < 1.29 is 18.8 Å². The average Bonchev–Trinajstić information content (AvgIpc) is 3.59. The van der Waals surface area contributed by atoms with E-state index in [1.807, 2.05) is 19.1 Å². The van der Waals surface area contributed by atoms with Crippen molar-refractivity contribution in [3.05, 3.63) is 60.6 Å². The first kappa shape index (κ1) is 20.8. The second kappa shape index (κ2) is 8.10. The summed E-state index contributed by atoms with van der Waals surface area (Å²) in [5, 5.41) is 18.0. The number of nitrogens with zero attached hydrogens (tertiary/aromatic N) is 6. The predicted molar refractivity (Wildman–Crippen MR) is 115 cm³/mol. The van der Waals surface area contributed by atoms with E-state index >= 15 is 0 Å². The number of aliphatic hydroxyl groups is 1. The lowest BCUT2D eigenvalue weighted by Gasteiger charge is -2.16. The zero-order valence-electron chi connectivity index (χ0n) is 18.0. The highest BCUT2D eigenvalue weighted by atomic mass is 16.5. The van der Waals surface area contributed by atoms with Crippen LogP contribution in [0.15, 0.2) is 58.1 Å². The third-order valence-corrected chi connectivity index (χ3v) is 5.60. The standard InChI is InChI=1S/C22H21N7O4/c1-13(18-11-32-12-24-18)25-21-23-8-6-16(27-21)14-4-3-5-15(26-14)17-10-19(33-28-17)22(31)7-9-29(2)20(22)30/h3-6,8,10-13,31H,7,9H2,1-2H3,(H,23,25,27)/t13?,22-/m1/s1. The summed E-state index contributed by atoms with van der Waals surface area (Å²) in [6.45, 7) is 2.37. The Bertz CT molecular complexity index is 1290. The number of nitrogens with one attached hydrogen (secondary N) is 1. The molecule has 4 aromatic heterocycles. The average molecular weight is 447 g/mol. The van der Waals surface area contributed by atoms with Crippen molar-refractivity contribution >= 4 is 11.9 Å². The number of carbonyl (C=O) groups excluding carboxylic acids is 1. The van der Waals surface area contributed by atoms with Crippen LogP contribution in [-0.4, -0.2) is 54.6 Å². The zero-order chi connectivity index (χ0) is 23.0. The second-order valence-electron chi connectivity index (χ2n) is 7.87. The van der Waals surface area contributed by atoms with Gasteiger partial charge in [-0.3, -0.25) is 4.79 Å². The fourth-order valence-electron chi connectivity index (χ4n) is 3.67. The Hall–Kier alpha value is -4.12. The third-order valence-electron chi connectivity index (χ3n) is 5.60. The van der Waals surface area contributed by atoms with E-state index in [2.05, 4.69) is 30.4 Å². The van der Waals surface area contributed by atoms with Crippen molar-refractivity contribution in [1.29, 1.82) is 0 Å². The number of likely N-dealkylation sites (N-methyl/N-ethyl adjacent to an activating group) is 1. The molecule has 1 unspecified atom stereocenters. The molecule has 5 heterocycles. The van der Waals surface area contributed by atoms with Gasteiger partial charge in [-0.2, -0.15) is 0 Å². The molecule has 2 atom stereocenters. The minimum Gasteiger partial charge on any atom is -0.451 e. The van der Waals surface area contributed by atoms with Crippen LogP contribution in [0.2, 0.25) is 0 Å². The quantitative estimate of drug-likeness (QED) is 0.452. The highest BCUT2D eigenvalue weighted by Crippen LogP contribution is 2.34. The summed E-state index contributed by atoms with van der Waals surface area (Å²) in [7, 11) is 1.64. The molecule has 0 spiro atoms. The van der Waals surface area contributed by atoms with Crippen LogP contribution in [-0.2, 0) is 10.4 Å². The molecule has 0 radical (unpaired) electrons. The number of rotatable bonds is 6. The van der Waals surface area contributed by atoms with Gasteiger partial charge >= 0.3 is 0 Å². The Labute approximate surface area is 188 Å². The maximum absolute atomic E-state index is 12.3. The largest absolute Gasteiger partial charge is 0.451 e. The number of oxazole rings is 1. The van der Waals surface area contributed by atoms with E-state index < -0.39 is 11.5 Å². The second-order valence-corrected chi connectivity index (χ2v) is 7.87. The molecule has 1 amide bonds. The number of carbonyl (C=O) groups is 1. The van der Waals surface area contributed by atoms with Crippen LogP contribution < -0.4 is 5.32 Å². The van der Waals surface area contributed by atoms with Gasteiger partial charge in [-0.05, 0) is 25.1 Å². The molecule has 33 heavy (non-hydrogen) atoms. The van der Waals surface area contributed by atoms with Crippen molar-refractivity contribution in [1.82, 2.24) is 30.0 Å². The lowest BCUT2D eigenvalue weighted by Crippen LogP contribution is -2.35. The summed E-state index contributed by atoms with van der Waals surface area (Å²) in [6, 6.07) is 8.57. The van der Waals surface area contributed by atoms with Gasteiger partial charge in [0.05, 0.1) is 23.1 Å². The lowest BCUT2D eigenvalue weighted by molar-refractivity contribution is -0.144. The smallest absolute Gasteiger partial charge is 0.262 e. The molecule has 0 aliphatic carbocycles. The van der Waals surface area contributed by atoms with Crippen LogP contribution in [0.1, 0.15) is 30.8 Å². The highest BCUT2D eigenvalue weighted by Gasteiger charge is 2.48. The van der Waals surface area contributed by atoms with Crippen LogP contribution in [0.25, 0.3) is 22.8 Å². The first-order chi connectivity index (χ1) is 15.9. The number of amides is 1. The number of pyridine rings is 1. The monoisotopic (exact) mass is 447 g/mol. The maximum Gasteiger partial charge on any atom is 0.262 e. The highest BCUT2D eigenvalue weighted by molar-refractivity contribution is 5.87. The predicted octanol–water partition coefficient (Wildman–Crippen LogP) is 2.40. The van der Waals surface area contributed by atoms with Gasteiger partial charge in [0.25, 0.3) is 5.91 Å². The molecule has 11 heteroatoms. The summed E-state index contributed by atoms with van der Waals surface area (Å²) >= 11 is 0. The van der Waals surface area contributed by atoms with Crippen molar-refractivity contribution in [2.75, 3.05) is 18.9 Å². The molecule has 168 valence electrons. The first-order valence-corrected chi connectivity index (χ1v) is 10.3.